The van der Waals surface area contributed by atoms with Crippen LogP contribution in [-0.4, -0.2) is 57.3 Å². The lowest BCUT2D eigenvalue weighted by atomic mass is 10.2. The van der Waals surface area contributed by atoms with Gasteiger partial charge in [-0.3, -0.25) is 0 Å². The van der Waals surface area contributed by atoms with E-state index in [1.165, 1.54) is 11.4 Å². The third-order valence-corrected chi connectivity index (χ3v) is 4.79. The average molecular weight is 383 g/mol. The van der Waals surface area contributed by atoms with E-state index in [0.717, 1.165) is 13.1 Å². The SMILES string of the molecule is CC(C)Oc1ccccc1NC(=O)N1CCN(c2ccc(N(C)C)cc2)CC1. The standard InChI is InChI=1S/C22H30N4O2/c1-17(2)28-21-8-6-5-7-20(21)23-22(27)26-15-13-25(14-16-26)19-11-9-18(10-12-19)24(3)4/h5-12,17H,13-16H2,1-4H3,(H,23,27). The van der Waals surface area contributed by atoms with Gasteiger partial charge in [-0.2, -0.15) is 0 Å². The molecule has 1 fully saturated rings. The summed E-state index contributed by atoms with van der Waals surface area (Å²) in [6, 6.07) is 16.0. The summed E-state index contributed by atoms with van der Waals surface area (Å²) >= 11 is 0. The summed E-state index contributed by atoms with van der Waals surface area (Å²) in [5.74, 6) is 0.700. The van der Waals surface area contributed by atoms with Gasteiger partial charge in [0.1, 0.15) is 5.75 Å². The van der Waals surface area contributed by atoms with Crippen molar-refractivity contribution >= 4 is 23.1 Å². The number of anilines is 3. The summed E-state index contributed by atoms with van der Waals surface area (Å²) in [7, 11) is 4.08. The number of carbonyl (C=O) groups excluding carboxylic acids is 1. The minimum absolute atomic E-state index is 0.0560. The molecule has 0 atom stereocenters. The number of hydrogen-bond donors (Lipinski definition) is 1. The van der Waals surface area contributed by atoms with E-state index in [9.17, 15) is 4.79 Å². The highest BCUT2D eigenvalue weighted by Crippen LogP contribution is 2.26. The van der Waals surface area contributed by atoms with Gasteiger partial charge in [0, 0.05) is 51.6 Å². The highest BCUT2D eigenvalue weighted by atomic mass is 16.5. The third-order valence-electron chi connectivity index (χ3n) is 4.79. The van der Waals surface area contributed by atoms with E-state index < -0.39 is 0 Å². The van der Waals surface area contributed by atoms with Crippen LogP contribution in [0, 0.1) is 0 Å². The normalized spacial score (nSPS) is 14.2. The number of nitrogens with one attached hydrogen (secondary N) is 1. The Morgan fingerprint density at radius 3 is 2.25 bits per heavy atom. The van der Waals surface area contributed by atoms with Gasteiger partial charge in [0.05, 0.1) is 11.8 Å². The number of piperazine rings is 1. The maximum atomic E-state index is 12.7. The van der Waals surface area contributed by atoms with Gasteiger partial charge in [-0.05, 0) is 50.2 Å². The molecule has 0 spiro atoms. The van der Waals surface area contributed by atoms with Crippen LogP contribution in [0.5, 0.6) is 5.75 Å². The first-order valence-corrected chi connectivity index (χ1v) is 9.78. The van der Waals surface area contributed by atoms with Crippen LogP contribution < -0.4 is 19.9 Å². The lowest BCUT2D eigenvalue weighted by molar-refractivity contribution is 0.207. The monoisotopic (exact) mass is 382 g/mol. The predicted molar refractivity (Wildman–Crippen MR) is 116 cm³/mol. The number of urea groups is 1. The number of benzene rings is 2. The molecule has 6 nitrogen and oxygen atoms in total. The molecule has 0 saturated carbocycles. The molecule has 0 bridgehead atoms. The topological polar surface area (TPSA) is 48.1 Å². The molecule has 6 heteroatoms. The fourth-order valence-corrected chi connectivity index (χ4v) is 3.25. The van der Waals surface area contributed by atoms with Gasteiger partial charge in [-0.25, -0.2) is 4.79 Å². The van der Waals surface area contributed by atoms with Crippen molar-refractivity contribution in [3.05, 3.63) is 48.5 Å². The van der Waals surface area contributed by atoms with Crippen LogP contribution in [0.1, 0.15) is 13.8 Å². The molecule has 0 aliphatic carbocycles. The molecule has 2 aromatic rings. The molecule has 28 heavy (non-hydrogen) atoms. The lowest BCUT2D eigenvalue weighted by Gasteiger charge is -2.36. The number of amides is 2. The largest absolute Gasteiger partial charge is 0.489 e. The minimum atomic E-state index is -0.0811. The summed E-state index contributed by atoms with van der Waals surface area (Å²) in [6.45, 7) is 6.96. The fourth-order valence-electron chi connectivity index (χ4n) is 3.25. The first kappa shape index (κ1) is 19.9. The van der Waals surface area contributed by atoms with Crippen molar-refractivity contribution in [3.8, 4) is 5.75 Å². The molecular formula is C22H30N4O2. The molecule has 150 valence electrons. The summed E-state index contributed by atoms with van der Waals surface area (Å²) in [5.41, 5.74) is 3.09. The summed E-state index contributed by atoms with van der Waals surface area (Å²) in [5, 5.41) is 3.00. The van der Waals surface area contributed by atoms with Crippen LogP contribution in [0.2, 0.25) is 0 Å². The van der Waals surface area contributed by atoms with Gasteiger partial charge in [-0.15, -0.1) is 0 Å². The second kappa shape index (κ2) is 8.87. The van der Waals surface area contributed by atoms with E-state index in [0.29, 0.717) is 24.5 Å². The Morgan fingerprint density at radius 2 is 1.64 bits per heavy atom. The summed E-state index contributed by atoms with van der Waals surface area (Å²) in [6.07, 6.45) is 0.0560. The highest BCUT2D eigenvalue weighted by Gasteiger charge is 2.22. The number of carbonyl (C=O) groups is 1. The smallest absolute Gasteiger partial charge is 0.322 e. The van der Waals surface area contributed by atoms with E-state index >= 15 is 0 Å². The van der Waals surface area contributed by atoms with Gasteiger partial charge >= 0.3 is 6.03 Å². The molecule has 3 rings (SSSR count). The lowest BCUT2D eigenvalue weighted by Crippen LogP contribution is -2.50. The molecule has 2 amide bonds. The van der Waals surface area contributed by atoms with Crippen LogP contribution in [0.25, 0.3) is 0 Å². The quantitative estimate of drug-likeness (QED) is 0.852. The van der Waals surface area contributed by atoms with Crippen LogP contribution in [0.4, 0.5) is 21.9 Å². The molecule has 0 aromatic heterocycles. The van der Waals surface area contributed by atoms with Crippen molar-refractivity contribution in [2.45, 2.75) is 20.0 Å². The fraction of sp³-hybridized carbons (Fsp3) is 0.409. The number of hydrogen-bond acceptors (Lipinski definition) is 4. The van der Waals surface area contributed by atoms with Crippen LogP contribution in [-0.2, 0) is 0 Å². The van der Waals surface area contributed by atoms with E-state index in [2.05, 4.69) is 39.4 Å². The van der Waals surface area contributed by atoms with E-state index in [1.54, 1.807) is 0 Å². The van der Waals surface area contributed by atoms with E-state index in [4.69, 9.17) is 4.74 Å². The van der Waals surface area contributed by atoms with Gasteiger partial charge in [-0.1, -0.05) is 12.1 Å². The molecule has 1 saturated heterocycles. The second-order valence-corrected chi connectivity index (χ2v) is 7.48. The van der Waals surface area contributed by atoms with Crippen molar-refractivity contribution < 1.29 is 9.53 Å². The van der Waals surface area contributed by atoms with Crippen molar-refractivity contribution in [1.82, 2.24) is 4.90 Å². The Balaban J connectivity index is 1.57. The van der Waals surface area contributed by atoms with Crippen molar-refractivity contribution in [3.63, 3.8) is 0 Å². The number of rotatable bonds is 5. The van der Waals surface area contributed by atoms with Crippen LogP contribution in [0.3, 0.4) is 0 Å². The zero-order valence-corrected chi connectivity index (χ0v) is 17.2. The van der Waals surface area contributed by atoms with E-state index in [-0.39, 0.29) is 12.1 Å². The zero-order chi connectivity index (χ0) is 20.1. The Morgan fingerprint density at radius 1 is 1.00 bits per heavy atom. The Hall–Kier alpha value is -2.89. The number of para-hydroxylation sites is 2. The molecule has 1 N–H and O–H groups in total. The first-order chi connectivity index (χ1) is 13.4. The van der Waals surface area contributed by atoms with Gasteiger partial charge < -0.3 is 24.8 Å². The van der Waals surface area contributed by atoms with Crippen molar-refractivity contribution in [1.29, 1.82) is 0 Å². The number of nitrogens with zero attached hydrogens (tertiary/aromatic N) is 3. The maximum absolute atomic E-state index is 12.7. The molecule has 1 aliphatic rings. The van der Waals surface area contributed by atoms with Gasteiger partial charge in [0.25, 0.3) is 0 Å². The summed E-state index contributed by atoms with van der Waals surface area (Å²) < 4.78 is 5.79. The maximum Gasteiger partial charge on any atom is 0.322 e. The highest BCUT2D eigenvalue weighted by molar-refractivity contribution is 5.91. The third kappa shape index (κ3) is 4.88. The van der Waals surface area contributed by atoms with Gasteiger partial charge in [0.15, 0.2) is 0 Å². The van der Waals surface area contributed by atoms with Crippen molar-refractivity contribution in [2.75, 3.05) is 55.4 Å². The van der Waals surface area contributed by atoms with E-state index in [1.807, 2.05) is 57.1 Å². The Labute approximate surface area is 167 Å². The van der Waals surface area contributed by atoms with Gasteiger partial charge in [0.2, 0.25) is 0 Å². The molecule has 0 radical (unpaired) electrons. The minimum Gasteiger partial charge on any atom is -0.489 e. The number of ether oxygens (including phenoxy) is 1. The summed E-state index contributed by atoms with van der Waals surface area (Å²) in [4.78, 5) is 19.0. The molecular weight excluding hydrogens is 352 g/mol. The molecule has 2 aromatic carbocycles. The average Bonchev–Trinajstić information content (AvgIpc) is 2.69. The predicted octanol–water partition coefficient (Wildman–Crippen LogP) is 3.89. The second-order valence-electron chi connectivity index (χ2n) is 7.48. The molecule has 0 unspecified atom stereocenters. The van der Waals surface area contributed by atoms with Crippen LogP contribution in [0.15, 0.2) is 48.5 Å². The molecule has 1 heterocycles. The van der Waals surface area contributed by atoms with Crippen LogP contribution >= 0.6 is 0 Å². The Kier molecular flexibility index (Phi) is 6.29. The van der Waals surface area contributed by atoms with Crippen molar-refractivity contribution in [2.24, 2.45) is 0 Å². The first-order valence-electron chi connectivity index (χ1n) is 9.78. The zero-order valence-electron chi connectivity index (χ0n) is 17.2. The Bertz CT molecular complexity index is 781. The molecule has 1 aliphatic heterocycles.